The third-order valence-corrected chi connectivity index (χ3v) is 5.24. The van der Waals surface area contributed by atoms with Crippen LogP contribution < -0.4 is 9.47 Å². The lowest BCUT2D eigenvalue weighted by molar-refractivity contribution is -0.0584. The summed E-state index contributed by atoms with van der Waals surface area (Å²) in [6.07, 6.45) is 0.341. The van der Waals surface area contributed by atoms with Gasteiger partial charge in [0.15, 0.2) is 11.5 Å². The number of benzene rings is 2. The monoisotopic (exact) mass is 399 g/mol. The van der Waals surface area contributed by atoms with Crippen LogP contribution in [0.25, 0.3) is 0 Å². The maximum absolute atomic E-state index is 10.6. The third kappa shape index (κ3) is 5.30. The van der Waals surface area contributed by atoms with E-state index < -0.39 is 6.10 Å². The number of methoxy groups -OCH3 is 2. The van der Waals surface area contributed by atoms with Crippen molar-refractivity contribution in [1.82, 2.24) is 4.90 Å². The topological polar surface area (TPSA) is 51.2 Å². The molecule has 29 heavy (non-hydrogen) atoms. The van der Waals surface area contributed by atoms with Crippen LogP contribution in [-0.4, -0.2) is 55.6 Å². The van der Waals surface area contributed by atoms with Crippen LogP contribution in [0.5, 0.6) is 11.5 Å². The van der Waals surface area contributed by atoms with Gasteiger partial charge in [-0.15, -0.1) is 0 Å². The van der Waals surface area contributed by atoms with Crippen molar-refractivity contribution in [3.63, 3.8) is 0 Å². The maximum atomic E-state index is 10.6. The second-order valence-corrected chi connectivity index (χ2v) is 8.54. The zero-order chi connectivity index (χ0) is 21.0. The Morgan fingerprint density at radius 2 is 1.72 bits per heavy atom. The lowest BCUT2D eigenvalue weighted by atomic mass is 9.87. The van der Waals surface area contributed by atoms with Gasteiger partial charge in [0.1, 0.15) is 0 Å². The number of aliphatic hydroxyl groups excluding tert-OH is 1. The van der Waals surface area contributed by atoms with Gasteiger partial charge in [0, 0.05) is 13.1 Å². The number of fused-ring (bicyclic) bond motifs is 1. The van der Waals surface area contributed by atoms with Crippen LogP contribution in [0.2, 0.25) is 0 Å². The quantitative estimate of drug-likeness (QED) is 0.767. The Bertz CT molecular complexity index is 801. The smallest absolute Gasteiger partial charge is 0.161 e. The SMILES string of the molecule is COc1cc2c(cc1OC)[C@@H](c1ccccc1)N(C[C@H](O)COC(C)(C)C)CC2. The summed E-state index contributed by atoms with van der Waals surface area (Å²) >= 11 is 0. The van der Waals surface area contributed by atoms with Gasteiger partial charge >= 0.3 is 0 Å². The Labute approximate surface area is 174 Å². The normalized spacial score (nSPS) is 18.2. The number of aliphatic hydroxyl groups is 1. The van der Waals surface area contributed by atoms with Gasteiger partial charge < -0.3 is 19.3 Å². The predicted octanol–water partition coefficient (Wildman–Crippen LogP) is 3.83. The van der Waals surface area contributed by atoms with Crippen LogP contribution in [0.15, 0.2) is 42.5 Å². The van der Waals surface area contributed by atoms with Gasteiger partial charge in [-0.05, 0) is 56.0 Å². The zero-order valence-corrected chi connectivity index (χ0v) is 18.1. The molecule has 0 fully saturated rings. The summed E-state index contributed by atoms with van der Waals surface area (Å²) in [4.78, 5) is 2.33. The van der Waals surface area contributed by atoms with Gasteiger partial charge in [-0.25, -0.2) is 0 Å². The highest BCUT2D eigenvalue weighted by molar-refractivity contribution is 5.51. The number of hydrogen-bond acceptors (Lipinski definition) is 5. The van der Waals surface area contributed by atoms with Crippen molar-refractivity contribution in [2.24, 2.45) is 0 Å². The molecule has 1 N–H and O–H groups in total. The maximum Gasteiger partial charge on any atom is 0.161 e. The van der Waals surface area contributed by atoms with Crippen LogP contribution in [0.4, 0.5) is 0 Å². The van der Waals surface area contributed by atoms with Gasteiger partial charge in [-0.3, -0.25) is 4.90 Å². The average Bonchev–Trinajstić information content (AvgIpc) is 2.71. The van der Waals surface area contributed by atoms with E-state index in [1.54, 1.807) is 14.2 Å². The molecule has 158 valence electrons. The van der Waals surface area contributed by atoms with E-state index in [9.17, 15) is 5.11 Å². The van der Waals surface area contributed by atoms with Crippen LogP contribution >= 0.6 is 0 Å². The molecule has 2 atom stereocenters. The summed E-state index contributed by atoms with van der Waals surface area (Å²) in [5.41, 5.74) is 3.39. The molecule has 1 heterocycles. The van der Waals surface area contributed by atoms with Gasteiger partial charge in [-0.1, -0.05) is 30.3 Å². The summed E-state index contributed by atoms with van der Waals surface area (Å²) in [5, 5.41) is 10.6. The van der Waals surface area contributed by atoms with Crippen molar-refractivity contribution in [1.29, 1.82) is 0 Å². The van der Waals surface area contributed by atoms with Gasteiger partial charge in [-0.2, -0.15) is 0 Å². The molecule has 3 rings (SSSR count). The molecule has 0 radical (unpaired) electrons. The molecule has 0 aliphatic carbocycles. The van der Waals surface area contributed by atoms with E-state index in [1.807, 2.05) is 26.8 Å². The van der Waals surface area contributed by atoms with Gasteiger partial charge in [0.25, 0.3) is 0 Å². The highest BCUT2D eigenvalue weighted by Crippen LogP contribution is 2.41. The molecule has 0 aromatic heterocycles. The number of β-amino-alcohol motifs (C(OH)–C–C–N with tert-alkyl or cyclic N) is 1. The first-order valence-electron chi connectivity index (χ1n) is 10.2. The average molecular weight is 400 g/mol. The summed E-state index contributed by atoms with van der Waals surface area (Å²) in [5.74, 6) is 1.48. The van der Waals surface area contributed by atoms with Crippen molar-refractivity contribution < 1.29 is 19.3 Å². The minimum Gasteiger partial charge on any atom is -0.493 e. The van der Waals surface area contributed by atoms with Gasteiger partial charge in [0.2, 0.25) is 0 Å². The standard InChI is InChI=1S/C24H33NO4/c1-24(2,3)29-16-19(26)15-25-12-11-18-13-21(27-4)22(28-5)14-20(18)23(25)17-9-7-6-8-10-17/h6-10,13-14,19,23,26H,11-12,15-16H2,1-5H3/t19-,23+/m0/s1. The molecule has 0 spiro atoms. The summed E-state index contributed by atoms with van der Waals surface area (Å²) in [6.45, 7) is 7.73. The van der Waals surface area contributed by atoms with Crippen LogP contribution in [0.1, 0.15) is 43.5 Å². The molecule has 0 amide bonds. The Hall–Kier alpha value is -2.08. The van der Waals surface area contributed by atoms with E-state index in [2.05, 4.69) is 41.3 Å². The molecular formula is C24H33NO4. The molecule has 5 heteroatoms. The Morgan fingerprint density at radius 1 is 1.07 bits per heavy atom. The van der Waals surface area contributed by atoms with Crippen LogP contribution in [-0.2, 0) is 11.2 Å². The van der Waals surface area contributed by atoms with Crippen molar-refractivity contribution in [2.75, 3.05) is 33.9 Å². The fraction of sp³-hybridized carbons (Fsp3) is 0.500. The second-order valence-electron chi connectivity index (χ2n) is 8.54. The van der Waals surface area contributed by atoms with E-state index in [0.29, 0.717) is 13.2 Å². The lowest BCUT2D eigenvalue weighted by Crippen LogP contribution is -2.42. The van der Waals surface area contributed by atoms with E-state index >= 15 is 0 Å². The molecule has 0 bridgehead atoms. The van der Waals surface area contributed by atoms with E-state index in [0.717, 1.165) is 24.5 Å². The van der Waals surface area contributed by atoms with Crippen molar-refractivity contribution in [3.05, 3.63) is 59.2 Å². The second kappa shape index (κ2) is 9.16. The minimum atomic E-state index is -0.554. The van der Waals surface area contributed by atoms with E-state index in [4.69, 9.17) is 14.2 Å². The van der Waals surface area contributed by atoms with E-state index in [-0.39, 0.29) is 11.6 Å². The first-order valence-corrected chi connectivity index (χ1v) is 10.2. The largest absolute Gasteiger partial charge is 0.493 e. The van der Waals surface area contributed by atoms with Crippen molar-refractivity contribution >= 4 is 0 Å². The predicted molar refractivity (Wildman–Crippen MR) is 115 cm³/mol. The number of rotatable bonds is 7. The number of hydrogen-bond donors (Lipinski definition) is 1. The highest BCUT2D eigenvalue weighted by Gasteiger charge is 2.31. The molecule has 1 aliphatic rings. The fourth-order valence-electron chi connectivity index (χ4n) is 3.89. The lowest BCUT2D eigenvalue weighted by Gasteiger charge is -2.39. The Balaban J connectivity index is 1.92. The molecule has 5 nitrogen and oxygen atoms in total. The molecule has 0 saturated carbocycles. The first-order chi connectivity index (χ1) is 13.8. The Kier molecular flexibility index (Phi) is 6.83. The third-order valence-electron chi connectivity index (χ3n) is 5.24. The zero-order valence-electron chi connectivity index (χ0n) is 18.1. The summed E-state index contributed by atoms with van der Waals surface area (Å²) < 4.78 is 16.9. The molecule has 2 aromatic carbocycles. The van der Waals surface area contributed by atoms with Gasteiger partial charge in [0.05, 0.1) is 38.6 Å². The molecular weight excluding hydrogens is 366 g/mol. The first kappa shape index (κ1) is 21.6. The van der Waals surface area contributed by atoms with Crippen LogP contribution in [0.3, 0.4) is 0 Å². The van der Waals surface area contributed by atoms with E-state index in [1.165, 1.54) is 16.7 Å². The van der Waals surface area contributed by atoms with Crippen molar-refractivity contribution in [3.8, 4) is 11.5 Å². The summed E-state index contributed by atoms with van der Waals surface area (Å²) in [7, 11) is 3.33. The molecule has 0 unspecified atom stereocenters. The number of nitrogens with zero attached hydrogens (tertiary/aromatic N) is 1. The van der Waals surface area contributed by atoms with Crippen LogP contribution in [0, 0.1) is 0 Å². The minimum absolute atomic E-state index is 0.0454. The number of ether oxygens (including phenoxy) is 3. The Morgan fingerprint density at radius 3 is 2.34 bits per heavy atom. The summed E-state index contributed by atoms with van der Waals surface area (Å²) in [6, 6.07) is 14.6. The van der Waals surface area contributed by atoms with Crippen molar-refractivity contribution in [2.45, 2.75) is 44.9 Å². The molecule has 0 saturated heterocycles. The molecule has 1 aliphatic heterocycles. The highest BCUT2D eigenvalue weighted by atomic mass is 16.5. The fourth-order valence-corrected chi connectivity index (χ4v) is 3.89. The molecule has 2 aromatic rings.